The number of aryl methyl sites for hydroxylation is 1. The maximum absolute atomic E-state index is 3.44. The van der Waals surface area contributed by atoms with Crippen molar-refractivity contribution in [2.24, 2.45) is 0 Å². The smallest absolute Gasteiger partial charge is 0.00745 e. The van der Waals surface area contributed by atoms with Gasteiger partial charge in [0, 0.05) is 10.9 Å². The van der Waals surface area contributed by atoms with E-state index in [1.54, 1.807) is 0 Å². The Balaban J connectivity index is 2.16. The lowest BCUT2D eigenvalue weighted by Gasteiger charge is -2.11. The summed E-state index contributed by atoms with van der Waals surface area (Å²) in [6.07, 6.45) is 2.55. The van der Waals surface area contributed by atoms with Gasteiger partial charge in [-0.3, -0.25) is 0 Å². The second kappa shape index (κ2) is 7.75. The Bertz CT molecular complexity index is 299. The molecule has 16 heavy (non-hydrogen) atoms. The van der Waals surface area contributed by atoms with Crippen LogP contribution in [0.4, 0.5) is 0 Å². The third-order valence-corrected chi connectivity index (χ3v) is 3.67. The number of benzene rings is 1. The Morgan fingerprint density at radius 1 is 1.38 bits per heavy atom. The summed E-state index contributed by atoms with van der Waals surface area (Å²) < 4.78 is 0. The second-order valence-corrected chi connectivity index (χ2v) is 5.43. The molecule has 1 N–H and O–H groups in total. The molecule has 0 saturated heterocycles. The van der Waals surface area contributed by atoms with Crippen LogP contribution in [0.1, 0.15) is 32.3 Å². The van der Waals surface area contributed by atoms with Gasteiger partial charge in [-0.15, -0.1) is 11.8 Å². The van der Waals surface area contributed by atoms with Crippen LogP contribution in [0.25, 0.3) is 0 Å². The molecular formula is C14H23NS. The maximum Gasteiger partial charge on any atom is 0.00745 e. The molecule has 0 heterocycles. The molecule has 0 saturated carbocycles. The summed E-state index contributed by atoms with van der Waals surface area (Å²) >= 11 is 1.97. The van der Waals surface area contributed by atoms with E-state index in [0.717, 1.165) is 6.54 Å². The molecule has 0 amide bonds. The average Bonchev–Trinajstić information content (AvgIpc) is 2.25. The topological polar surface area (TPSA) is 12.0 Å². The molecule has 0 fully saturated rings. The highest BCUT2D eigenvalue weighted by Gasteiger charge is 1.99. The van der Waals surface area contributed by atoms with Gasteiger partial charge in [0.15, 0.2) is 0 Å². The summed E-state index contributed by atoms with van der Waals surface area (Å²) in [4.78, 5) is 1.40. The van der Waals surface area contributed by atoms with Gasteiger partial charge < -0.3 is 5.32 Å². The van der Waals surface area contributed by atoms with Crippen LogP contribution in [-0.2, 0) is 0 Å². The summed E-state index contributed by atoms with van der Waals surface area (Å²) in [5, 5.41) is 3.44. The first-order chi connectivity index (χ1) is 7.72. The predicted molar refractivity (Wildman–Crippen MR) is 74.3 cm³/mol. The van der Waals surface area contributed by atoms with E-state index in [0.29, 0.717) is 6.04 Å². The van der Waals surface area contributed by atoms with Crippen LogP contribution in [-0.4, -0.2) is 18.3 Å². The highest BCUT2D eigenvalue weighted by Crippen LogP contribution is 2.20. The van der Waals surface area contributed by atoms with Crippen molar-refractivity contribution in [3.05, 3.63) is 29.8 Å². The zero-order valence-electron chi connectivity index (χ0n) is 10.6. The molecule has 0 aliphatic rings. The summed E-state index contributed by atoms with van der Waals surface area (Å²) in [6.45, 7) is 7.66. The largest absolute Gasteiger partial charge is 0.315 e. The van der Waals surface area contributed by atoms with Crippen molar-refractivity contribution in [3.63, 3.8) is 0 Å². The van der Waals surface area contributed by atoms with E-state index in [1.807, 2.05) is 11.8 Å². The van der Waals surface area contributed by atoms with Gasteiger partial charge >= 0.3 is 0 Å². The standard InChI is InChI=1S/C14H23NS/c1-4-15-13(3)8-6-10-16-14-9-5-7-12(2)11-14/h5,7,9,11,13,15H,4,6,8,10H2,1-3H3. The second-order valence-electron chi connectivity index (χ2n) is 4.27. The molecule has 0 aliphatic carbocycles. The van der Waals surface area contributed by atoms with Gasteiger partial charge in [-0.25, -0.2) is 0 Å². The maximum atomic E-state index is 3.44. The van der Waals surface area contributed by atoms with E-state index in [4.69, 9.17) is 0 Å². The Morgan fingerprint density at radius 2 is 2.19 bits per heavy atom. The van der Waals surface area contributed by atoms with E-state index in [2.05, 4.69) is 50.4 Å². The highest BCUT2D eigenvalue weighted by atomic mass is 32.2. The van der Waals surface area contributed by atoms with Crippen molar-refractivity contribution in [1.82, 2.24) is 5.32 Å². The van der Waals surface area contributed by atoms with Crippen LogP contribution in [0.2, 0.25) is 0 Å². The van der Waals surface area contributed by atoms with Crippen molar-refractivity contribution in [2.45, 2.75) is 44.6 Å². The number of nitrogens with one attached hydrogen (secondary N) is 1. The quantitative estimate of drug-likeness (QED) is 0.571. The Hall–Kier alpha value is -0.470. The molecule has 1 aromatic rings. The molecule has 0 bridgehead atoms. The number of thioether (sulfide) groups is 1. The third-order valence-electron chi connectivity index (χ3n) is 2.59. The van der Waals surface area contributed by atoms with Crippen molar-refractivity contribution in [1.29, 1.82) is 0 Å². The van der Waals surface area contributed by atoms with Crippen molar-refractivity contribution in [2.75, 3.05) is 12.3 Å². The third kappa shape index (κ3) is 5.57. The molecule has 0 aliphatic heterocycles. The van der Waals surface area contributed by atoms with Crippen LogP contribution in [0.5, 0.6) is 0 Å². The Morgan fingerprint density at radius 3 is 2.88 bits per heavy atom. The molecule has 1 rings (SSSR count). The monoisotopic (exact) mass is 237 g/mol. The molecule has 1 nitrogen and oxygen atoms in total. The fourth-order valence-corrected chi connectivity index (χ4v) is 2.73. The van der Waals surface area contributed by atoms with Gasteiger partial charge in [-0.2, -0.15) is 0 Å². The van der Waals surface area contributed by atoms with Crippen LogP contribution < -0.4 is 5.32 Å². The van der Waals surface area contributed by atoms with Crippen molar-refractivity contribution < 1.29 is 0 Å². The van der Waals surface area contributed by atoms with Gasteiger partial charge in [0.2, 0.25) is 0 Å². The SMILES string of the molecule is CCNC(C)CCCSc1cccc(C)c1. The van der Waals surface area contributed by atoms with Gasteiger partial charge in [0.25, 0.3) is 0 Å². The predicted octanol–water partition coefficient (Wildman–Crippen LogP) is 3.87. The first kappa shape index (κ1) is 13.6. The number of rotatable bonds is 7. The molecular weight excluding hydrogens is 214 g/mol. The molecule has 0 spiro atoms. The van der Waals surface area contributed by atoms with Gasteiger partial charge in [-0.1, -0.05) is 24.6 Å². The van der Waals surface area contributed by atoms with Crippen LogP contribution in [0.15, 0.2) is 29.2 Å². The minimum Gasteiger partial charge on any atom is -0.315 e. The number of hydrogen-bond donors (Lipinski definition) is 1. The average molecular weight is 237 g/mol. The van der Waals surface area contributed by atoms with Crippen LogP contribution >= 0.6 is 11.8 Å². The normalized spacial score (nSPS) is 12.7. The summed E-state index contributed by atoms with van der Waals surface area (Å²) in [5.74, 6) is 1.22. The highest BCUT2D eigenvalue weighted by molar-refractivity contribution is 7.99. The first-order valence-electron chi connectivity index (χ1n) is 6.15. The summed E-state index contributed by atoms with van der Waals surface area (Å²) in [7, 11) is 0. The molecule has 0 radical (unpaired) electrons. The van der Waals surface area contributed by atoms with Gasteiger partial charge in [0.05, 0.1) is 0 Å². The minimum atomic E-state index is 0.656. The lowest BCUT2D eigenvalue weighted by Crippen LogP contribution is -2.25. The number of hydrogen-bond acceptors (Lipinski definition) is 2. The van der Waals surface area contributed by atoms with E-state index in [1.165, 1.54) is 29.1 Å². The van der Waals surface area contributed by atoms with E-state index < -0.39 is 0 Å². The zero-order chi connectivity index (χ0) is 11.8. The lowest BCUT2D eigenvalue weighted by molar-refractivity contribution is 0.526. The lowest BCUT2D eigenvalue weighted by atomic mass is 10.2. The minimum absolute atomic E-state index is 0.656. The van der Waals surface area contributed by atoms with E-state index >= 15 is 0 Å². The Labute approximate surface area is 104 Å². The van der Waals surface area contributed by atoms with Crippen molar-refractivity contribution >= 4 is 11.8 Å². The van der Waals surface area contributed by atoms with Crippen LogP contribution in [0, 0.1) is 6.92 Å². The fraction of sp³-hybridized carbons (Fsp3) is 0.571. The summed E-state index contributed by atoms with van der Waals surface area (Å²) in [5.41, 5.74) is 1.35. The molecule has 1 unspecified atom stereocenters. The fourth-order valence-electron chi connectivity index (χ4n) is 1.74. The van der Waals surface area contributed by atoms with Crippen LogP contribution in [0.3, 0.4) is 0 Å². The zero-order valence-corrected chi connectivity index (χ0v) is 11.4. The van der Waals surface area contributed by atoms with E-state index in [-0.39, 0.29) is 0 Å². The summed E-state index contributed by atoms with van der Waals surface area (Å²) in [6, 6.07) is 9.41. The molecule has 0 aromatic heterocycles. The molecule has 90 valence electrons. The van der Waals surface area contributed by atoms with Crippen molar-refractivity contribution in [3.8, 4) is 0 Å². The molecule has 1 aromatic carbocycles. The van der Waals surface area contributed by atoms with E-state index in [9.17, 15) is 0 Å². The molecule has 2 heteroatoms. The first-order valence-corrected chi connectivity index (χ1v) is 7.13. The molecule has 1 atom stereocenters. The van der Waals surface area contributed by atoms with Gasteiger partial charge in [-0.05, 0) is 51.1 Å². The van der Waals surface area contributed by atoms with Gasteiger partial charge in [0.1, 0.15) is 0 Å². The Kier molecular flexibility index (Phi) is 6.58.